The van der Waals surface area contributed by atoms with Crippen molar-refractivity contribution in [2.75, 3.05) is 13.1 Å². The quantitative estimate of drug-likeness (QED) is 0.293. The van der Waals surface area contributed by atoms with E-state index >= 15 is 0 Å². The van der Waals surface area contributed by atoms with Crippen molar-refractivity contribution in [3.8, 4) is 11.1 Å². The molecule has 1 saturated heterocycles. The number of carboxylic acid groups (broad SMARTS) is 1. The van der Waals surface area contributed by atoms with Gasteiger partial charge in [-0.1, -0.05) is 56.2 Å². The first kappa shape index (κ1) is 27.4. The molecule has 3 aromatic carbocycles. The highest BCUT2D eigenvalue weighted by Gasteiger charge is 2.33. The highest BCUT2D eigenvalue weighted by atomic mass is 19.4. The van der Waals surface area contributed by atoms with E-state index in [2.05, 4.69) is 11.8 Å². The Morgan fingerprint density at radius 2 is 1.54 bits per heavy atom. The van der Waals surface area contributed by atoms with E-state index in [1.165, 1.54) is 24.3 Å². The Kier molecular flexibility index (Phi) is 7.81. The Morgan fingerprint density at radius 1 is 0.923 bits per heavy atom. The van der Waals surface area contributed by atoms with Gasteiger partial charge in [0.05, 0.1) is 17.5 Å². The number of halogens is 4. The van der Waals surface area contributed by atoms with E-state index in [1.807, 2.05) is 18.2 Å². The lowest BCUT2D eigenvalue weighted by Crippen LogP contribution is -2.37. The molecular formula is C32H33F4NO2. The van der Waals surface area contributed by atoms with Crippen LogP contribution in [0.2, 0.25) is 0 Å². The van der Waals surface area contributed by atoms with Crippen LogP contribution in [0, 0.1) is 17.7 Å². The number of piperidine rings is 1. The van der Waals surface area contributed by atoms with Crippen molar-refractivity contribution in [3.63, 3.8) is 0 Å². The van der Waals surface area contributed by atoms with Gasteiger partial charge in [-0.15, -0.1) is 0 Å². The van der Waals surface area contributed by atoms with Crippen molar-refractivity contribution in [3.05, 3.63) is 94.8 Å². The molecule has 2 fully saturated rings. The summed E-state index contributed by atoms with van der Waals surface area (Å²) in [5.74, 6) is -0.936. The van der Waals surface area contributed by atoms with Crippen molar-refractivity contribution in [1.82, 2.24) is 4.90 Å². The second kappa shape index (κ2) is 11.1. The van der Waals surface area contributed by atoms with Gasteiger partial charge in [-0.25, -0.2) is 4.39 Å². The summed E-state index contributed by atoms with van der Waals surface area (Å²) in [6, 6.07) is 16.8. The summed E-state index contributed by atoms with van der Waals surface area (Å²) >= 11 is 0. The number of benzene rings is 3. The SMILES string of the molecule is CC1CCN([C@H](c2ccc(F)cc2)c2ccc([C@H](CC3CC3)C(=O)O)cc2-c2ccc(C(F)(F)F)cc2)CC1. The third-order valence-corrected chi connectivity index (χ3v) is 8.23. The van der Waals surface area contributed by atoms with E-state index in [0.29, 0.717) is 34.9 Å². The Morgan fingerprint density at radius 3 is 2.10 bits per heavy atom. The summed E-state index contributed by atoms with van der Waals surface area (Å²) in [6.45, 7) is 3.88. The normalized spacial score (nSPS) is 18.6. The van der Waals surface area contributed by atoms with Crippen LogP contribution in [-0.4, -0.2) is 29.1 Å². The average Bonchev–Trinajstić information content (AvgIpc) is 3.74. The third kappa shape index (κ3) is 6.35. The molecule has 0 radical (unpaired) electrons. The molecule has 2 aliphatic rings. The van der Waals surface area contributed by atoms with Gasteiger partial charge in [0.15, 0.2) is 0 Å². The van der Waals surface area contributed by atoms with Crippen LogP contribution < -0.4 is 0 Å². The molecule has 3 aromatic rings. The highest BCUT2D eigenvalue weighted by molar-refractivity contribution is 5.78. The number of hydrogen-bond donors (Lipinski definition) is 1. The monoisotopic (exact) mass is 539 g/mol. The average molecular weight is 540 g/mol. The minimum Gasteiger partial charge on any atom is -0.481 e. The molecule has 0 amide bonds. The second-order valence-corrected chi connectivity index (χ2v) is 11.2. The smallest absolute Gasteiger partial charge is 0.416 e. The summed E-state index contributed by atoms with van der Waals surface area (Å²) in [7, 11) is 0. The Labute approximate surface area is 226 Å². The predicted octanol–water partition coefficient (Wildman–Crippen LogP) is 8.30. The fraction of sp³-hybridized carbons (Fsp3) is 0.406. The molecule has 1 aliphatic carbocycles. The van der Waals surface area contributed by atoms with Crippen molar-refractivity contribution in [2.24, 2.45) is 11.8 Å². The number of rotatable bonds is 8. The second-order valence-electron chi connectivity index (χ2n) is 11.2. The molecule has 1 saturated carbocycles. The van der Waals surface area contributed by atoms with Crippen molar-refractivity contribution in [2.45, 2.75) is 57.2 Å². The molecule has 1 aliphatic heterocycles. The number of nitrogens with zero attached hydrogens (tertiary/aromatic N) is 1. The zero-order chi connectivity index (χ0) is 27.7. The number of aliphatic carboxylic acids is 1. The Bertz CT molecular complexity index is 1290. The lowest BCUT2D eigenvalue weighted by atomic mass is 9.84. The van der Waals surface area contributed by atoms with Crippen LogP contribution >= 0.6 is 0 Å². The van der Waals surface area contributed by atoms with E-state index in [-0.39, 0.29) is 11.9 Å². The standard InChI is InChI=1S/C32H33F4NO2/c1-20-14-16-37(17-15-20)30(23-6-11-26(33)12-7-23)27-13-8-24(29(31(38)39)18-21-2-3-21)19-28(27)22-4-9-25(10-5-22)32(34,35)36/h4-13,19-21,29-30H,2-3,14-18H2,1H3,(H,38,39)/t29-,30+/m0/s1. The topological polar surface area (TPSA) is 40.5 Å². The van der Waals surface area contributed by atoms with Crippen molar-refractivity contribution < 1.29 is 27.5 Å². The lowest BCUT2D eigenvalue weighted by Gasteiger charge is -2.38. The summed E-state index contributed by atoms with van der Waals surface area (Å²) in [4.78, 5) is 14.6. The van der Waals surface area contributed by atoms with Gasteiger partial charge in [-0.05, 0) is 102 Å². The van der Waals surface area contributed by atoms with Crippen LogP contribution in [0.15, 0.2) is 66.7 Å². The van der Waals surface area contributed by atoms with Crippen LogP contribution in [0.25, 0.3) is 11.1 Å². The maximum atomic E-state index is 13.9. The molecular weight excluding hydrogens is 506 g/mol. The molecule has 0 spiro atoms. The lowest BCUT2D eigenvalue weighted by molar-refractivity contribution is -0.139. The minimum absolute atomic E-state index is 0.254. The van der Waals surface area contributed by atoms with Gasteiger partial charge in [0.1, 0.15) is 5.82 Å². The van der Waals surface area contributed by atoms with Crippen LogP contribution in [-0.2, 0) is 11.0 Å². The largest absolute Gasteiger partial charge is 0.481 e. The summed E-state index contributed by atoms with van der Waals surface area (Å²) in [5.41, 5.74) is 2.97. The molecule has 3 nitrogen and oxygen atoms in total. The van der Waals surface area contributed by atoms with Gasteiger partial charge in [0.25, 0.3) is 0 Å². The number of carbonyl (C=O) groups is 1. The van der Waals surface area contributed by atoms with Gasteiger partial charge in [0.2, 0.25) is 0 Å². The third-order valence-electron chi connectivity index (χ3n) is 8.23. The summed E-state index contributed by atoms with van der Waals surface area (Å²) in [6.07, 6.45) is 0.151. The first-order valence-corrected chi connectivity index (χ1v) is 13.6. The molecule has 2 atom stereocenters. The van der Waals surface area contributed by atoms with E-state index < -0.39 is 23.6 Å². The van der Waals surface area contributed by atoms with E-state index in [4.69, 9.17) is 0 Å². The van der Waals surface area contributed by atoms with Crippen LogP contribution in [0.1, 0.15) is 73.2 Å². The zero-order valence-electron chi connectivity index (χ0n) is 21.9. The van der Waals surface area contributed by atoms with Gasteiger partial charge in [0, 0.05) is 0 Å². The van der Waals surface area contributed by atoms with Gasteiger partial charge >= 0.3 is 12.1 Å². The molecule has 0 bridgehead atoms. The molecule has 1 N–H and O–H groups in total. The first-order valence-electron chi connectivity index (χ1n) is 13.6. The zero-order valence-corrected chi connectivity index (χ0v) is 21.9. The Balaban J connectivity index is 1.65. The fourth-order valence-electron chi connectivity index (χ4n) is 5.70. The molecule has 0 unspecified atom stereocenters. The minimum atomic E-state index is -4.46. The number of hydrogen-bond acceptors (Lipinski definition) is 2. The predicted molar refractivity (Wildman–Crippen MR) is 143 cm³/mol. The maximum Gasteiger partial charge on any atom is 0.416 e. The van der Waals surface area contributed by atoms with Gasteiger partial charge in [-0.2, -0.15) is 13.2 Å². The molecule has 7 heteroatoms. The number of likely N-dealkylation sites (tertiary alicyclic amines) is 1. The number of alkyl halides is 3. The van der Waals surface area contributed by atoms with Crippen molar-refractivity contribution in [1.29, 1.82) is 0 Å². The van der Waals surface area contributed by atoms with Gasteiger partial charge in [-0.3, -0.25) is 9.69 Å². The molecule has 0 aromatic heterocycles. The van der Waals surface area contributed by atoms with Gasteiger partial charge < -0.3 is 5.11 Å². The first-order chi connectivity index (χ1) is 18.6. The summed E-state index contributed by atoms with van der Waals surface area (Å²) < 4.78 is 53.9. The fourth-order valence-corrected chi connectivity index (χ4v) is 5.70. The maximum absolute atomic E-state index is 13.9. The van der Waals surface area contributed by atoms with E-state index in [9.17, 15) is 27.5 Å². The summed E-state index contributed by atoms with van der Waals surface area (Å²) in [5, 5.41) is 10.0. The van der Waals surface area contributed by atoms with Crippen LogP contribution in [0.3, 0.4) is 0 Å². The van der Waals surface area contributed by atoms with Crippen molar-refractivity contribution >= 4 is 5.97 Å². The van der Waals surface area contributed by atoms with Crippen LogP contribution in [0.5, 0.6) is 0 Å². The highest BCUT2D eigenvalue weighted by Crippen LogP contribution is 2.43. The molecule has 5 rings (SSSR count). The number of carboxylic acids is 1. The van der Waals surface area contributed by atoms with E-state index in [0.717, 1.165) is 62.0 Å². The molecule has 206 valence electrons. The Hall–Kier alpha value is -3.19. The van der Waals surface area contributed by atoms with E-state index in [1.54, 1.807) is 12.1 Å². The van der Waals surface area contributed by atoms with Crippen LogP contribution in [0.4, 0.5) is 17.6 Å². The molecule has 1 heterocycles. The molecule has 39 heavy (non-hydrogen) atoms.